The van der Waals surface area contributed by atoms with Crippen molar-refractivity contribution < 1.29 is 14.8 Å². The van der Waals surface area contributed by atoms with E-state index in [2.05, 4.69) is 5.43 Å². The molecule has 4 N–H and O–H groups in total. The third-order valence-electron chi connectivity index (χ3n) is 3.32. The van der Waals surface area contributed by atoms with Gasteiger partial charge in [-0.1, -0.05) is 0 Å². The first kappa shape index (κ1) is 14.5. The van der Waals surface area contributed by atoms with Crippen molar-refractivity contribution in [2.24, 2.45) is 5.84 Å². The van der Waals surface area contributed by atoms with Gasteiger partial charge in [-0.05, 0) is 13.0 Å². The van der Waals surface area contributed by atoms with Crippen molar-refractivity contribution in [3.63, 3.8) is 0 Å². The number of aliphatic hydroxyl groups excluding tert-OH is 1. The maximum atomic E-state index is 11.0. The second-order valence-electron chi connectivity index (χ2n) is 4.78. The minimum absolute atomic E-state index is 0.0327. The number of non-ortho nitro benzene ring substituents is 1. The summed E-state index contributed by atoms with van der Waals surface area (Å²) >= 11 is 0. The number of aliphatic hydroxyl groups is 1. The van der Waals surface area contributed by atoms with Gasteiger partial charge >= 0.3 is 0 Å². The lowest BCUT2D eigenvalue weighted by molar-refractivity contribution is -0.384. The molecule has 0 amide bonds. The zero-order valence-electron chi connectivity index (χ0n) is 11.2. The van der Waals surface area contributed by atoms with Gasteiger partial charge in [-0.15, -0.1) is 0 Å². The average molecular weight is 282 g/mol. The minimum atomic E-state index is -0.459. The van der Waals surface area contributed by atoms with Crippen LogP contribution in [0.4, 0.5) is 17.1 Å². The van der Waals surface area contributed by atoms with E-state index in [0.29, 0.717) is 24.5 Å². The lowest BCUT2D eigenvalue weighted by Gasteiger charge is -2.39. The summed E-state index contributed by atoms with van der Waals surface area (Å²) in [6.45, 7) is 2.81. The quantitative estimate of drug-likeness (QED) is 0.417. The molecule has 0 radical (unpaired) electrons. The van der Waals surface area contributed by atoms with Gasteiger partial charge < -0.3 is 20.2 Å². The molecule has 8 heteroatoms. The number of hydrogen-bond donors (Lipinski definition) is 3. The van der Waals surface area contributed by atoms with Crippen LogP contribution in [0, 0.1) is 10.1 Å². The molecule has 0 bridgehead atoms. The van der Waals surface area contributed by atoms with Crippen LogP contribution in [-0.4, -0.2) is 41.9 Å². The number of nitrogens with zero attached hydrogens (tertiary/aromatic N) is 2. The summed E-state index contributed by atoms with van der Waals surface area (Å²) in [5.41, 5.74) is 3.55. The second kappa shape index (κ2) is 6.04. The molecule has 0 saturated carbocycles. The molecule has 2 unspecified atom stereocenters. The van der Waals surface area contributed by atoms with E-state index >= 15 is 0 Å². The number of hydrazine groups is 1. The number of rotatable bonds is 4. The molecule has 0 aliphatic carbocycles. The Morgan fingerprint density at radius 2 is 2.35 bits per heavy atom. The van der Waals surface area contributed by atoms with Gasteiger partial charge in [-0.3, -0.25) is 16.0 Å². The van der Waals surface area contributed by atoms with Gasteiger partial charge in [0.25, 0.3) is 5.69 Å². The molecule has 1 aliphatic rings. The van der Waals surface area contributed by atoms with Crippen molar-refractivity contribution in [3.05, 3.63) is 28.3 Å². The van der Waals surface area contributed by atoms with E-state index in [4.69, 9.17) is 10.6 Å². The summed E-state index contributed by atoms with van der Waals surface area (Å²) in [6.07, 6.45) is -0.292. The first-order valence-corrected chi connectivity index (χ1v) is 6.30. The fraction of sp³-hybridized carbons (Fsp3) is 0.500. The average Bonchev–Trinajstić information content (AvgIpc) is 2.47. The highest BCUT2D eigenvalue weighted by atomic mass is 16.6. The van der Waals surface area contributed by atoms with Crippen molar-refractivity contribution in [1.82, 2.24) is 0 Å². The molecule has 8 nitrogen and oxygen atoms in total. The molecule has 1 aromatic carbocycles. The largest absolute Gasteiger partial charge is 0.394 e. The van der Waals surface area contributed by atoms with Crippen molar-refractivity contribution in [3.8, 4) is 0 Å². The Balaban J connectivity index is 2.34. The first-order chi connectivity index (χ1) is 9.55. The summed E-state index contributed by atoms with van der Waals surface area (Å²) in [5.74, 6) is 5.35. The number of nitro groups is 1. The van der Waals surface area contributed by atoms with Crippen LogP contribution < -0.4 is 16.2 Å². The van der Waals surface area contributed by atoms with E-state index in [0.717, 1.165) is 0 Å². The number of morpholine rings is 1. The van der Waals surface area contributed by atoms with Crippen LogP contribution in [0.25, 0.3) is 0 Å². The normalized spacial score (nSPS) is 22.6. The molecule has 2 atom stereocenters. The topological polar surface area (TPSA) is 114 Å². The first-order valence-electron chi connectivity index (χ1n) is 6.30. The smallest absolute Gasteiger partial charge is 0.273 e. The fourth-order valence-corrected chi connectivity index (χ4v) is 2.24. The molecule has 1 fully saturated rings. The molecule has 1 saturated heterocycles. The number of benzene rings is 1. The highest BCUT2D eigenvalue weighted by molar-refractivity contribution is 5.64. The number of nitrogens with one attached hydrogen (secondary N) is 1. The summed E-state index contributed by atoms with van der Waals surface area (Å²) in [7, 11) is 0. The van der Waals surface area contributed by atoms with Crippen LogP contribution in [0.15, 0.2) is 18.2 Å². The predicted molar refractivity (Wildman–Crippen MR) is 74.5 cm³/mol. The van der Waals surface area contributed by atoms with E-state index in [1.807, 2.05) is 11.8 Å². The van der Waals surface area contributed by atoms with Gasteiger partial charge in [0.15, 0.2) is 0 Å². The van der Waals surface area contributed by atoms with Crippen molar-refractivity contribution in [2.75, 3.05) is 30.1 Å². The number of hydrogen-bond acceptors (Lipinski definition) is 7. The minimum Gasteiger partial charge on any atom is -0.394 e. The number of anilines is 2. The molecule has 1 heterocycles. The molecular weight excluding hydrogens is 264 g/mol. The molecular formula is C12H18N4O4. The molecule has 1 aromatic rings. The number of nitrogens with two attached hydrogens (primary N) is 1. The van der Waals surface area contributed by atoms with E-state index in [1.54, 1.807) is 6.07 Å². The van der Waals surface area contributed by atoms with Crippen molar-refractivity contribution in [1.29, 1.82) is 0 Å². The zero-order valence-corrected chi connectivity index (χ0v) is 11.2. The fourth-order valence-electron chi connectivity index (χ4n) is 2.24. The van der Waals surface area contributed by atoms with Gasteiger partial charge in [0.2, 0.25) is 0 Å². The monoisotopic (exact) mass is 282 g/mol. The van der Waals surface area contributed by atoms with Crippen molar-refractivity contribution in [2.45, 2.75) is 19.1 Å². The van der Waals surface area contributed by atoms with E-state index in [9.17, 15) is 15.2 Å². The third-order valence-corrected chi connectivity index (χ3v) is 3.32. The lowest BCUT2D eigenvalue weighted by atomic mass is 10.1. The maximum absolute atomic E-state index is 11.0. The van der Waals surface area contributed by atoms with Crippen LogP contribution in [0.2, 0.25) is 0 Å². The molecule has 0 aromatic heterocycles. The second-order valence-corrected chi connectivity index (χ2v) is 4.78. The lowest BCUT2D eigenvalue weighted by Crippen LogP contribution is -2.49. The van der Waals surface area contributed by atoms with Crippen LogP contribution in [-0.2, 0) is 4.74 Å². The highest BCUT2D eigenvalue weighted by Crippen LogP contribution is 2.29. The van der Waals surface area contributed by atoms with Crippen LogP contribution >= 0.6 is 0 Å². The summed E-state index contributed by atoms with van der Waals surface area (Å²) < 4.78 is 5.46. The molecule has 1 aliphatic heterocycles. The summed E-state index contributed by atoms with van der Waals surface area (Å²) in [4.78, 5) is 12.5. The van der Waals surface area contributed by atoms with Gasteiger partial charge in [-0.25, -0.2) is 0 Å². The molecule has 0 spiro atoms. The van der Waals surface area contributed by atoms with Crippen LogP contribution in [0.3, 0.4) is 0 Å². The Kier molecular flexibility index (Phi) is 4.38. The highest BCUT2D eigenvalue weighted by Gasteiger charge is 2.27. The number of nitrogen functional groups attached to an aromatic ring is 1. The standard InChI is InChI=1S/C12H18N4O4/c1-8-7-20-12(6-17)5-15(8)10-2-9(14-13)3-11(4-10)16(18)19/h2-4,8,12,14,17H,5-7,13H2,1H3. The Labute approximate surface area is 116 Å². The Bertz CT molecular complexity index is 496. The van der Waals surface area contributed by atoms with Crippen LogP contribution in [0.5, 0.6) is 0 Å². The maximum Gasteiger partial charge on any atom is 0.273 e. The third kappa shape index (κ3) is 2.98. The number of ether oxygens (including phenoxy) is 1. The van der Waals surface area contributed by atoms with E-state index in [1.165, 1.54) is 12.1 Å². The van der Waals surface area contributed by atoms with Gasteiger partial charge in [0.05, 0.1) is 29.9 Å². The molecule has 2 rings (SSSR count). The van der Waals surface area contributed by atoms with Gasteiger partial charge in [0.1, 0.15) is 0 Å². The number of nitro benzene ring substituents is 1. The summed E-state index contributed by atoms with van der Waals surface area (Å²) in [6, 6.07) is 4.67. The molecule has 20 heavy (non-hydrogen) atoms. The zero-order chi connectivity index (χ0) is 14.7. The van der Waals surface area contributed by atoms with E-state index < -0.39 is 4.92 Å². The van der Waals surface area contributed by atoms with E-state index in [-0.39, 0.29) is 24.4 Å². The Hall–Kier alpha value is -1.90. The predicted octanol–water partition coefficient (Wildman–Crippen LogP) is 0.466. The van der Waals surface area contributed by atoms with Crippen LogP contribution in [0.1, 0.15) is 6.92 Å². The van der Waals surface area contributed by atoms with Crippen molar-refractivity contribution >= 4 is 17.1 Å². The van der Waals surface area contributed by atoms with Gasteiger partial charge in [-0.2, -0.15) is 0 Å². The van der Waals surface area contributed by atoms with Gasteiger partial charge in [0, 0.05) is 30.4 Å². The SMILES string of the molecule is CC1COC(CO)CN1c1cc(NN)cc([N+](=O)[O-])c1. The Morgan fingerprint density at radius 1 is 1.60 bits per heavy atom. The summed E-state index contributed by atoms with van der Waals surface area (Å²) in [5, 5.41) is 20.2. The molecule has 110 valence electrons. The Morgan fingerprint density at radius 3 is 2.95 bits per heavy atom.